The summed E-state index contributed by atoms with van der Waals surface area (Å²) in [5.74, 6) is 0.595. The smallest absolute Gasteiger partial charge is 0.144 e. The average molecular weight is 334 g/mol. The number of hydrogen-bond donors (Lipinski definition) is 0. The molecule has 0 saturated heterocycles. The molecule has 3 nitrogen and oxygen atoms in total. The summed E-state index contributed by atoms with van der Waals surface area (Å²) in [6.07, 6.45) is 6.21. The normalized spacial score (nSPS) is 18.9. The van der Waals surface area contributed by atoms with E-state index in [4.69, 9.17) is 9.78 Å². The molecule has 0 saturated carbocycles. The predicted molar refractivity (Wildman–Crippen MR) is 84.0 cm³/mol. The fraction of sp³-hybridized carbons (Fsp3) is 0.733. The summed E-state index contributed by atoms with van der Waals surface area (Å²) >= 11 is 1.40. The van der Waals surface area contributed by atoms with Crippen LogP contribution < -0.4 is 0 Å². The van der Waals surface area contributed by atoms with Crippen molar-refractivity contribution in [2.45, 2.75) is 63.1 Å². The summed E-state index contributed by atoms with van der Waals surface area (Å²) in [5, 5.41) is 0. The fourth-order valence-electron chi connectivity index (χ4n) is 2.61. The Morgan fingerprint density at radius 2 is 2.05 bits per heavy atom. The van der Waals surface area contributed by atoms with Crippen LogP contribution >= 0.6 is 11.3 Å². The summed E-state index contributed by atoms with van der Waals surface area (Å²) in [6.45, 7) is 2.18. The van der Waals surface area contributed by atoms with Crippen molar-refractivity contribution < 1.29 is 18.4 Å². The minimum Gasteiger partial charge on any atom is -0.259 e. The molecular weight excluding hydrogens is 311 g/mol. The summed E-state index contributed by atoms with van der Waals surface area (Å²) in [5.41, 5.74) is 0.629. The first-order valence-corrected chi connectivity index (χ1v) is 9.82. The minimum absolute atomic E-state index is 0.226. The predicted octanol–water partition coefficient (Wildman–Crippen LogP) is 4.63. The molecule has 1 aliphatic rings. The first-order valence-electron chi connectivity index (χ1n) is 7.51. The van der Waals surface area contributed by atoms with E-state index in [-0.39, 0.29) is 11.9 Å². The lowest BCUT2D eigenvalue weighted by molar-refractivity contribution is -0.309. The van der Waals surface area contributed by atoms with Crippen LogP contribution in [-0.4, -0.2) is 11.3 Å². The van der Waals surface area contributed by atoms with Gasteiger partial charge in [0.05, 0.1) is 23.5 Å². The maximum Gasteiger partial charge on any atom is 0.144 e. The highest BCUT2D eigenvalue weighted by molar-refractivity contribution is 7.84. The summed E-state index contributed by atoms with van der Waals surface area (Å²) in [7, 11) is 0.522. The van der Waals surface area contributed by atoms with Gasteiger partial charge in [0.1, 0.15) is 11.9 Å². The molecule has 0 amide bonds. The van der Waals surface area contributed by atoms with Crippen LogP contribution in [0.15, 0.2) is 0 Å². The van der Waals surface area contributed by atoms with Gasteiger partial charge in [-0.1, -0.05) is 39.0 Å². The van der Waals surface area contributed by atoms with E-state index >= 15 is 0 Å². The Bertz CT molecular complexity index is 488. The minimum atomic E-state index is -0.935. The second kappa shape index (κ2) is 8.36. The van der Waals surface area contributed by atoms with Crippen LogP contribution in [0.5, 0.6) is 0 Å². The van der Waals surface area contributed by atoms with Crippen molar-refractivity contribution in [3.63, 3.8) is 0 Å². The van der Waals surface area contributed by atoms with Crippen LogP contribution in [0.1, 0.15) is 66.9 Å². The Morgan fingerprint density at radius 1 is 1.29 bits per heavy atom. The summed E-state index contributed by atoms with van der Waals surface area (Å²) in [4.78, 5) is 11.6. The first-order chi connectivity index (χ1) is 10.2. The summed E-state index contributed by atoms with van der Waals surface area (Å²) < 4.78 is 25.9. The highest BCUT2D eigenvalue weighted by atomic mass is 32.2. The molecule has 1 aromatic heterocycles. The molecule has 2 atom stereocenters. The van der Waals surface area contributed by atoms with Crippen molar-refractivity contribution in [3.8, 4) is 0 Å². The molecule has 2 rings (SSSR count). The molecule has 0 bridgehead atoms. The number of hydrogen-bond acceptors (Lipinski definition) is 4. The molecule has 1 aliphatic heterocycles. The molecule has 0 aromatic carbocycles. The third-order valence-electron chi connectivity index (χ3n) is 3.72. The first kappa shape index (κ1) is 17.1. The van der Waals surface area contributed by atoms with Gasteiger partial charge in [-0.3, -0.25) is 4.21 Å². The monoisotopic (exact) mass is 334 g/mol. The molecule has 0 radical (unpaired) electrons. The second-order valence-corrected chi connectivity index (χ2v) is 7.96. The van der Waals surface area contributed by atoms with Gasteiger partial charge in [0, 0.05) is 21.2 Å². The highest BCUT2D eigenvalue weighted by Gasteiger charge is 2.30. The van der Waals surface area contributed by atoms with Crippen molar-refractivity contribution in [2.24, 2.45) is 0 Å². The van der Waals surface area contributed by atoms with E-state index in [1.165, 1.54) is 37.7 Å². The zero-order chi connectivity index (χ0) is 15.2. The van der Waals surface area contributed by atoms with Gasteiger partial charge in [0.2, 0.25) is 0 Å². The molecular formula is C15H23FO3S2. The lowest BCUT2D eigenvalue weighted by Gasteiger charge is -2.14. The maximum absolute atomic E-state index is 14.5. The van der Waals surface area contributed by atoms with Crippen LogP contribution in [0.3, 0.4) is 0 Å². The number of thiophene rings is 1. The van der Waals surface area contributed by atoms with Crippen molar-refractivity contribution >= 4 is 22.1 Å². The molecule has 0 spiro atoms. The number of unbranched alkanes of at least 4 members (excludes halogenated alkanes) is 4. The Kier molecular flexibility index (Phi) is 6.79. The van der Waals surface area contributed by atoms with Crippen LogP contribution in [0, 0.1) is 5.82 Å². The molecule has 120 valence electrons. The van der Waals surface area contributed by atoms with Crippen molar-refractivity contribution in [2.75, 3.05) is 7.11 Å². The Hall–Kier alpha value is -0.300. The standard InChI is InChI=1S/C15H23FO3S2/c1-3-4-5-6-7-8-12(19-18-2)15-14(16)11-9-21(17)10-13(11)20-15/h12H,3-10H2,1-2H3. The van der Waals surface area contributed by atoms with Gasteiger partial charge in [-0.05, 0) is 6.42 Å². The molecule has 2 unspecified atom stereocenters. The molecule has 21 heavy (non-hydrogen) atoms. The van der Waals surface area contributed by atoms with Crippen LogP contribution in [-0.2, 0) is 32.1 Å². The zero-order valence-corrected chi connectivity index (χ0v) is 14.3. The van der Waals surface area contributed by atoms with Gasteiger partial charge in [0.25, 0.3) is 0 Å². The topological polar surface area (TPSA) is 35.5 Å². The lowest BCUT2D eigenvalue weighted by atomic mass is 10.1. The van der Waals surface area contributed by atoms with E-state index in [1.807, 2.05) is 0 Å². The molecule has 6 heteroatoms. The SMILES string of the molecule is CCCCCCCC(OOC)c1sc2c(c1F)CS(=O)C2. The quantitative estimate of drug-likeness (QED) is 0.375. The Labute approximate surface area is 132 Å². The second-order valence-electron chi connectivity index (χ2n) is 5.36. The van der Waals surface area contributed by atoms with E-state index in [0.29, 0.717) is 21.9 Å². The van der Waals surface area contributed by atoms with Crippen molar-refractivity contribution in [1.29, 1.82) is 0 Å². The van der Waals surface area contributed by atoms with Gasteiger partial charge >= 0.3 is 0 Å². The van der Waals surface area contributed by atoms with Crippen LogP contribution in [0.2, 0.25) is 0 Å². The van der Waals surface area contributed by atoms with Gasteiger partial charge in [-0.25, -0.2) is 14.2 Å². The van der Waals surface area contributed by atoms with Gasteiger partial charge in [-0.15, -0.1) is 11.3 Å². The van der Waals surface area contributed by atoms with Gasteiger partial charge in [-0.2, -0.15) is 0 Å². The third-order valence-corrected chi connectivity index (χ3v) is 6.43. The Morgan fingerprint density at radius 3 is 2.71 bits per heavy atom. The summed E-state index contributed by atoms with van der Waals surface area (Å²) in [6, 6.07) is 0. The lowest BCUT2D eigenvalue weighted by Crippen LogP contribution is -2.05. The van der Waals surface area contributed by atoms with Gasteiger partial charge < -0.3 is 0 Å². The fourth-order valence-corrected chi connectivity index (χ4v) is 5.57. The van der Waals surface area contributed by atoms with Crippen LogP contribution in [0.25, 0.3) is 0 Å². The van der Waals surface area contributed by atoms with E-state index < -0.39 is 10.8 Å². The largest absolute Gasteiger partial charge is 0.259 e. The molecule has 2 heterocycles. The average Bonchev–Trinajstić information content (AvgIpc) is 2.96. The van der Waals surface area contributed by atoms with Crippen molar-refractivity contribution in [3.05, 3.63) is 21.1 Å². The molecule has 0 aliphatic carbocycles. The molecule has 0 fully saturated rings. The van der Waals surface area contributed by atoms with Crippen molar-refractivity contribution in [1.82, 2.24) is 0 Å². The Balaban J connectivity index is 1.98. The zero-order valence-electron chi connectivity index (χ0n) is 12.7. The van der Waals surface area contributed by atoms with E-state index in [2.05, 4.69) is 6.92 Å². The number of halogens is 1. The molecule has 1 aromatic rings. The maximum atomic E-state index is 14.5. The van der Waals surface area contributed by atoms with Gasteiger partial charge in [0.15, 0.2) is 0 Å². The van der Waals surface area contributed by atoms with E-state index in [9.17, 15) is 8.60 Å². The number of fused-ring (bicyclic) bond motifs is 1. The van der Waals surface area contributed by atoms with Crippen LogP contribution in [0.4, 0.5) is 4.39 Å². The molecule has 0 N–H and O–H groups in total. The van der Waals surface area contributed by atoms with E-state index in [1.54, 1.807) is 0 Å². The van der Waals surface area contributed by atoms with E-state index in [0.717, 1.165) is 24.1 Å². The number of rotatable bonds is 9. The highest BCUT2D eigenvalue weighted by Crippen LogP contribution is 2.40. The third kappa shape index (κ3) is 4.34.